The van der Waals surface area contributed by atoms with Gasteiger partial charge in [0.25, 0.3) is 0 Å². The van der Waals surface area contributed by atoms with E-state index in [-0.39, 0.29) is 25.2 Å². The molecule has 0 saturated heterocycles. The van der Waals surface area contributed by atoms with Crippen molar-refractivity contribution < 1.29 is 19.1 Å². The molecule has 0 aliphatic heterocycles. The summed E-state index contributed by atoms with van der Waals surface area (Å²) in [6.45, 7) is 8.87. The molecule has 0 radical (unpaired) electrons. The van der Waals surface area contributed by atoms with Gasteiger partial charge in [-0.05, 0) is 0 Å². The van der Waals surface area contributed by atoms with E-state index < -0.39 is 0 Å². The van der Waals surface area contributed by atoms with Crippen LogP contribution in [0.4, 0.5) is 0 Å². The van der Waals surface area contributed by atoms with Crippen LogP contribution in [0.5, 0.6) is 0 Å². The van der Waals surface area contributed by atoms with Gasteiger partial charge in [0.15, 0.2) is 0 Å². The molecule has 0 fully saturated rings. The van der Waals surface area contributed by atoms with Crippen LogP contribution in [0.2, 0.25) is 0 Å². The molecular formula is C8H14O4. The third-order valence-electron chi connectivity index (χ3n) is 0.694. The molecule has 0 spiro atoms. The van der Waals surface area contributed by atoms with Crippen molar-refractivity contribution in [2.45, 2.75) is 13.8 Å². The molecule has 0 aromatic heterocycles. The summed E-state index contributed by atoms with van der Waals surface area (Å²) in [6.07, 6.45) is 0. The summed E-state index contributed by atoms with van der Waals surface area (Å²) in [7, 11) is 0. The van der Waals surface area contributed by atoms with Crippen molar-refractivity contribution in [2.75, 3.05) is 13.2 Å². The molecule has 0 rings (SSSR count). The zero-order valence-corrected chi connectivity index (χ0v) is 7.46. The standard InChI is InChI=1S/C6H10O4.C2H4/c1-5(7)9-3-4-10-6(2)8;1-2/h3-4H2,1-2H3;1-2H2. The Balaban J connectivity index is 0. The molecular weight excluding hydrogens is 160 g/mol. The molecule has 0 aromatic carbocycles. The highest BCUT2D eigenvalue weighted by atomic mass is 16.6. The normalized spacial score (nSPS) is 7.50. The molecule has 0 aromatic rings. The molecule has 0 N–H and O–H groups in total. The van der Waals surface area contributed by atoms with Crippen LogP contribution >= 0.6 is 0 Å². The number of hydrogen-bond donors (Lipinski definition) is 0. The van der Waals surface area contributed by atoms with E-state index >= 15 is 0 Å². The highest BCUT2D eigenvalue weighted by Crippen LogP contribution is 1.79. The van der Waals surface area contributed by atoms with Crippen molar-refractivity contribution in [2.24, 2.45) is 0 Å². The van der Waals surface area contributed by atoms with Crippen molar-refractivity contribution in [1.29, 1.82) is 0 Å². The molecule has 0 bridgehead atoms. The summed E-state index contributed by atoms with van der Waals surface area (Å²) in [5, 5.41) is 0. The van der Waals surface area contributed by atoms with E-state index in [2.05, 4.69) is 22.6 Å². The smallest absolute Gasteiger partial charge is 0.302 e. The lowest BCUT2D eigenvalue weighted by Gasteiger charge is -2.00. The van der Waals surface area contributed by atoms with E-state index in [0.717, 1.165) is 0 Å². The Labute approximate surface area is 72.2 Å². The summed E-state index contributed by atoms with van der Waals surface area (Å²) in [4.78, 5) is 20.3. The average Bonchev–Trinajstić information content (AvgIpc) is 2.02. The molecule has 0 saturated carbocycles. The van der Waals surface area contributed by atoms with Crippen molar-refractivity contribution >= 4 is 11.9 Å². The van der Waals surface area contributed by atoms with Crippen LogP contribution in [-0.2, 0) is 19.1 Å². The lowest BCUT2D eigenvalue weighted by molar-refractivity contribution is -0.149. The third-order valence-corrected chi connectivity index (χ3v) is 0.694. The van der Waals surface area contributed by atoms with Crippen LogP contribution in [0, 0.1) is 0 Å². The van der Waals surface area contributed by atoms with Crippen LogP contribution in [0.25, 0.3) is 0 Å². The van der Waals surface area contributed by atoms with Crippen LogP contribution in [0.15, 0.2) is 13.2 Å². The number of rotatable bonds is 3. The molecule has 12 heavy (non-hydrogen) atoms. The number of carbonyl (C=O) groups is 2. The molecule has 0 aliphatic carbocycles. The zero-order valence-electron chi connectivity index (χ0n) is 7.46. The maximum Gasteiger partial charge on any atom is 0.302 e. The summed E-state index contributed by atoms with van der Waals surface area (Å²) < 4.78 is 8.95. The Bertz CT molecular complexity index is 126. The lowest BCUT2D eigenvalue weighted by Crippen LogP contribution is -2.09. The molecule has 4 heteroatoms. The molecule has 0 atom stereocenters. The van der Waals surface area contributed by atoms with Crippen LogP contribution in [0.1, 0.15) is 13.8 Å². The second-order valence-corrected chi connectivity index (χ2v) is 1.68. The predicted octanol–water partition coefficient (Wildman–Crippen LogP) is 0.915. The van der Waals surface area contributed by atoms with Crippen molar-refractivity contribution in [3.8, 4) is 0 Å². The quantitative estimate of drug-likeness (QED) is 0.362. The van der Waals surface area contributed by atoms with E-state index in [1.54, 1.807) is 0 Å². The fourth-order valence-corrected chi connectivity index (χ4v) is 0.371. The SMILES string of the molecule is C=C.CC(=O)OCCOC(C)=O. The highest BCUT2D eigenvalue weighted by molar-refractivity contribution is 5.66. The second-order valence-electron chi connectivity index (χ2n) is 1.68. The van der Waals surface area contributed by atoms with E-state index in [9.17, 15) is 9.59 Å². The molecule has 4 nitrogen and oxygen atoms in total. The number of hydrogen-bond acceptors (Lipinski definition) is 4. The Hall–Kier alpha value is -1.32. The van der Waals surface area contributed by atoms with Crippen LogP contribution in [-0.4, -0.2) is 25.2 Å². The van der Waals surface area contributed by atoms with Gasteiger partial charge in [-0.1, -0.05) is 0 Å². The maximum atomic E-state index is 10.1. The first-order valence-electron chi connectivity index (χ1n) is 3.39. The van der Waals surface area contributed by atoms with Gasteiger partial charge in [-0.15, -0.1) is 13.2 Å². The summed E-state index contributed by atoms with van der Waals surface area (Å²) in [5.74, 6) is -0.737. The summed E-state index contributed by atoms with van der Waals surface area (Å²) in [5.41, 5.74) is 0. The van der Waals surface area contributed by atoms with E-state index in [4.69, 9.17) is 0 Å². The lowest BCUT2D eigenvalue weighted by atomic mass is 10.7. The van der Waals surface area contributed by atoms with E-state index in [0.29, 0.717) is 0 Å². The van der Waals surface area contributed by atoms with Crippen molar-refractivity contribution in [3.05, 3.63) is 13.2 Å². The zero-order chi connectivity index (χ0) is 9.98. The predicted molar refractivity (Wildman–Crippen MR) is 44.5 cm³/mol. The van der Waals surface area contributed by atoms with Crippen molar-refractivity contribution in [1.82, 2.24) is 0 Å². The third kappa shape index (κ3) is 15.9. The highest BCUT2D eigenvalue weighted by Gasteiger charge is 1.94. The maximum absolute atomic E-state index is 10.1. The van der Waals surface area contributed by atoms with Gasteiger partial charge in [-0.2, -0.15) is 0 Å². The minimum absolute atomic E-state index is 0.134. The Morgan fingerprint density at radius 1 is 1.00 bits per heavy atom. The molecule has 0 amide bonds. The average molecular weight is 174 g/mol. The minimum atomic E-state index is -0.368. The Morgan fingerprint density at radius 3 is 1.42 bits per heavy atom. The van der Waals surface area contributed by atoms with Gasteiger partial charge in [-0.3, -0.25) is 9.59 Å². The largest absolute Gasteiger partial charge is 0.462 e. The fraction of sp³-hybridized carbons (Fsp3) is 0.500. The molecule has 70 valence electrons. The number of carbonyl (C=O) groups excluding carboxylic acids is 2. The minimum Gasteiger partial charge on any atom is -0.462 e. The van der Waals surface area contributed by atoms with Crippen molar-refractivity contribution in [3.63, 3.8) is 0 Å². The molecule has 0 unspecified atom stereocenters. The van der Waals surface area contributed by atoms with Gasteiger partial charge in [0, 0.05) is 13.8 Å². The number of esters is 2. The molecule has 0 heterocycles. The Morgan fingerprint density at radius 2 is 1.25 bits per heavy atom. The first kappa shape index (κ1) is 13.3. The summed E-state index contributed by atoms with van der Waals surface area (Å²) >= 11 is 0. The van der Waals surface area contributed by atoms with Gasteiger partial charge in [0.05, 0.1) is 0 Å². The van der Waals surface area contributed by atoms with Gasteiger partial charge in [-0.25, -0.2) is 0 Å². The van der Waals surface area contributed by atoms with E-state index in [1.165, 1.54) is 13.8 Å². The van der Waals surface area contributed by atoms with Gasteiger partial charge in [0.1, 0.15) is 13.2 Å². The van der Waals surface area contributed by atoms with Gasteiger partial charge in [0.2, 0.25) is 0 Å². The second kappa shape index (κ2) is 9.68. The fourth-order valence-electron chi connectivity index (χ4n) is 0.371. The number of ether oxygens (including phenoxy) is 2. The van der Waals surface area contributed by atoms with Crippen LogP contribution < -0.4 is 0 Å². The van der Waals surface area contributed by atoms with Crippen LogP contribution in [0.3, 0.4) is 0 Å². The summed E-state index contributed by atoms with van der Waals surface area (Å²) in [6, 6.07) is 0. The topological polar surface area (TPSA) is 52.6 Å². The first-order chi connectivity index (χ1) is 5.63. The van der Waals surface area contributed by atoms with E-state index in [1.807, 2.05) is 0 Å². The molecule has 0 aliphatic rings. The monoisotopic (exact) mass is 174 g/mol. The first-order valence-corrected chi connectivity index (χ1v) is 3.39. The van der Waals surface area contributed by atoms with Gasteiger partial charge < -0.3 is 9.47 Å². The van der Waals surface area contributed by atoms with Gasteiger partial charge >= 0.3 is 11.9 Å². The Kier molecular flexibility index (Phi) is 10.7.